The fraction of sp³-hybridized carbons (Fsp3) is 0.222. The Morgan fingerprint density at radius 3 is 2.15 bits per heavy atom. The van der Waals surface area contributed by atoms with E-state index < -0.39 is 24.0 Å². The fourth-order valence-electron chi connectivity index (χ4n) is 4.35. The lowest BCUT2D eigenvalue weighted by molar-refractivity contribution is -0.118. The molecule has 1 aliphatic carbocycles. The highest BCUT2D eigenvalue weighted by atomic mass is 16.5. The Morgan fingerprint density at radius 1 is 0.971 bits per heavy atom. The lowest BCUT2D eigenvalue weighted by atomic mass is 9.98. The molecule has 0 fully saturated rings. The van der Waals surface area contributed by atoms with Gasteiger partial charge < -0.3 is 20.5 Å². The molecule has 4 rings (SSSR count). The summed E-state index contributed by atoms with van der Waals surface area (Å²) in [6.07, 6.45) is -0.302. The highest BCUT2D eigenvalue weighted by Gasteiger charge is 2.29. The van der Waals surface area contributed by atoms with Gasteiger partial charge in [0.15, 0.2) is 0 Å². The van der Waals surface area contributed by atoms with E-state index in [0.29, 0.717) is 17.7 Å². The van der Waals surface area contributed by atoms with Gasteiger partial charge in [-0.25, -0.2) is 9.59 Å². The van der Waals surface area contributed by atoms with Crippen LogP contribution >= 0.6 is 0 Å². The van der Waals surface area contributed by atoms with Crippen LogP contribution in [0.15, 0.2) is 66.7 Å². The number of hydrogen-bond acceptors (Lipinski definition) is 4. The van der Waals surface area contributed by atoms with Crippen molar-refractivity contribution >= 4 is 23.7 Å². The number of benzene rings is 3. The summed E-state index contributed by atoms with van der Waals surface area (Å²) in [6, 6.07) is 19.9. The number of carboxylic acid groups (broad SMARTS) is 1. The number of carboxylic acids is 1. The summed E-state index contributed by atoms with van der Waals surface area (Å²) < 4.78 is 5.54. The normalized spacial score (nSPS) is 12.9. The van der Waals surface area contributed by atoms with Crippen molar-refractivity contribution in [2.45, 2.75) is 32.2 Å². The van der Waals surface area contributed by atoms with Gasteiger partial charge in [-0.15, -0.1) is 0 Å². The molecule has 7 heteroatoms. The average molecular weight is 459 g/mol. The third kappa shape index (κ3) is 4.64. The van der Waals surface area contributed by atoms with Crippen molar-refractivity contribution in [2.24, 2.45) is 0 Å². The quantitative estimate of drug-likeness (QED) is 0.465. The second-order valence-corrected chi connectivity index (χ2v) is 8.25. The fourth-order valence-corrected chi connectivity index (χ4v) is 4.35. The van der Waals surface area contributed by atoms with E-state index in [2.05, 4.69) is 22.8 Å². The van der Waals surface area contributed by atoms with E-state index in [4.69, 9.17) is 9.84 Å². The van der Waals surface area contributed by atoms with Gasteiger partial charge >= 0.3 is 12.1 Å². The molecule has 0 spiro atoms. The van der Waals surface area contributed by atoms with E-state index in [1.54, 1.807) is 19.9 Å². The van der Waals surface area contributed by atoms with Crippen molar-refractivity contribution in [3.8, 4) is 11.1 Å². The molecule has 3 N–H and O–H groups in total. The van der Waals surface area contributed by atoms with E-state index in [1.165, 1.54) is 12.1 Å². The van der Waals surface area contributed by atoms with Gasteiger partial charge in [0.1, 0.15) is 12.6 Å². The molecular formula is C27H26N2O5. The standard InChI is InChI=1S/C27H26N2O5/c1-3-24(25(30)28-17-12-13-18(26(31)32)16(2)14-17)29-27(33)34-15-23-21-10-6-4-8-19(21)20-9-5-7-11-22(20)23/h4-14,23-24H,3,15H2,1-2H3,(H,28,30)(H,29,33)(H,31,32)/t24-/m0/s1. The van der Waals surface area contributed by atoms with Gasteiger partial charge in [-0.1, -0.05) is 55.5 Å². The molecule has 0 aliphatic heterocycles. The Bertz CT molecular complexity index is 1210. The van der Waals surface area contributed by atoms with E-state index in [9.17, 15) is 14.4 Å². The maximum Gasteiger partial charge on any atom is 0.407 e. The van der Waals surface area contributed by atoms with Gasteiger partial charge in [0.25, 0.3) is 0 Å². The third-order valence-corrected chi connectivity index (χ3v) is 6.08. The first-order chi connectivity index (χ1) is 16.4. The molecule has 174 valence electrons. The third-order valence-electron chi connectivity index (χ3n) is 6.08. The molecule has 1 atom stereocenters. The van der Waals surface area contributed by atoms with Crippen LogP contribution in [0.4, 0.5) is 10.5 Å². The molecule has 0 bridgehead atoms. The number of aryl methyl sites for hydroxylation is 1. The summed E-state index contributed by atoms with van der Waals surface area (Å²) in [5, 5.41) is 14.5. The Kier molecular flexibility index (Phi) is 6.63. The van der Waals surface area contributed by atoms with Crippen molar-refractivity contribution in [2.75, 3.05) is 11.9 Å². The van der Waals surface area contributed by atoms with Gasteiger partial charge in [-0.05, 0) is 59.4 Å². The van der Waals surface area contributed by atoms with Crippen molar-refractivity contribution < 1.29 is 24.2 Å². The van der Waals surface area contributed by atoms with Crippen LogP contribution < -0.4 is 10.6 Å². The molecule has 3 aromatic rings. The molecule has 0 radical (unpaired) electrons. The number of carbonyl (C=O) groups excluding carboxylic acids is 2. The minimum Gasteiger partial charge on any atom is -0.478 e. The first-order valence-electron chi connectivity index (χ1n) is 11.1. The molecule has 0 heterocycles. The Morgan fingerprint density at radius 2 is 1.59 bits per heavy atom. The number of carbonyl (C=O) groups is 3. The molecular weight excluding hydrogens is 432 g/mol. The van der Waals surface area contributed by atoms with Crippen LogP contribution in [0.25, 0.3) is 11.1 Å². The molecule has 0 saturated carbocycles. The minimum atomic E-state index is -1.03. The smallest absolute Gasteiger partial charge is 0.407 e. The summed E-state index contributed by atoms with van der Waals surface area (Å²) in [6.45, 7) is 3.60. The first kappa shape index (κ1) is 23.0. The summed E-state index contributed by atoms with van der Waals surface area (Å²) in [4.78, 5) is 36.4. The topological polar surface area (TPSA) is 105 Å². The second kappa shape index (κ2) is 9.79. The maximum atomic E-state index is 12.7. The van der Waals surface area contributed by atoms with Crippen LogP contribution in [-0.2, 0) is 9.53 Å². The van der Waals surface area contributed by atoms with Gasteiger partial charge in [-0.3, -0.25) is 4.79 Å². The number of hydrogen-bond donors (Lipinski definition) is 3. The molecule has 1 aliphatic rings. The Hall–Kier alpha value is -4.13. The van der Waals surface area contributed by atoms with E-state index in [0.717, 1.165) is 22.3 Å². The van der Waals surface area contributed by atoms with E-state index >= 15 is 0 Å². The van der Waals surface area contributed by atoms with E-state index in [-0.39, 0.29) is 18.1 Å². The highest BCUT2D eigenvalue weighted by Crippen LogP contribution is 2.44. The Balaban J connectivity index is 1.38. The average Bonchev–Trinajstić information content (AvgIpc) is 3.14. The monoisotopic (exact) mass is 458 g/mol. The molecule has 3 aromatic carbocycles. The number of nitrogens with one attached hydrogen (secondary N) is 2. The predicted molar refractivity (Wildman–Crippen MR) is 129 cm³/mol. The number of alkyl carbamates (subject to hydrolysis) is 1. The lowest BCUT2D eigenvalue weighted by Gasteiger charge is -2.19. The van der Waals surface area contributed by atoms with Crippen LogP contribution in [-0.4, -0.2) is 35.7 Å². The lowest BCUT2D eigenvalue weighted by Crippen LogP contribution is -2.43. The number of fused-ring (bicyclic) bond motifs is 3. The van der Waals surface area contributed by atoms with Gasteiger partial charge in [-0.2, -0.15) is 0 Å². The van der Waals surface area contributed by atoms with Crippen molar-refractivity contribution in [1.82, 2.24) is 5.32 Å². The predicted octanol–water partition coefficient (Wildman–Crippen LogP) is 4.95. The summed E-state index contributed by atoms with van der Waals surface area (Å²) in [5.74, 6) is -1.50. The summed E-state index contributed by atoms with van der Waals surface area (Å²) in [7, 11) is 0. The number of amides is 2. The Labute approximate surface area is 197 Å². The van der Waals surface area contributed by atoms with Crippen LogP contribution in [0.5, 0.6) is 0 Å². The minimum absolute atomic E-state index is 0.0669. The molecule has 0 unspecified atom stereocenters. The first-order valence-corrected chi connectivity index (χ1v) is 11.1. The molecule has 2 amide bonds. The van der Waals surface area contributed by atoms with Crippen LogP contribution in [0.2, 0.25) is 0 Å². The van der Waals surface area contributed by atoms with Crippen LogP contribution in [0, 0.1) is 6.92 Å². The van der Waals surface area contributed by atoms with Gasteiger partial charge in [0, 0.05) is 11.6 Å². The van der Waals surface area contributed by atoms with Crippen molar-refractivity contribution in [1.29, 1.82) is 0 Å². The second-order valence-electron chi connectivity index (χ2n) is 8.25. The zero-order chi connectivity index (χ0) is 24.2. The zero-order valence-electron chi connectivity index (χ0n) is 19.0. The number of anilines is 1. The summed E-state index contributed by atoms with van der Waals surface area (Å²) in [5.41, 5.74) is 5.66. The highest BCUT2D eigenvalue weighted by molar-refractivity contribution is 5.97. The summed E-state index contributed by atoms with van der Waals surface area (Å²) >= 11 is 0. The molecule has 0 saturated heterocycles. The number of ether oxygens (including phenoxy) is 1. The van der Waals surface area contributed by atoms with Gasteiger partial charge in [0.2, 0.25) is 5.91 Å². The number of aromatic carboxylic acids is 1. The largest absolute Gasteiger partial charge is 0.478 e. The van der Waals surface area contributed by atoms with E-state index in [1.807, 2.05) is 36.4 Å². The SMILES string of the molecule is CC[C@H](NC(=O)OCC1c2ccccc2-c2ccccc21)C(=O)Nc1ccc(C(=O)O)c(C)c1. The zero-order valence-corrected chi connectivity index (χ0v) is 19.0. The van der Waals surface area contributed by atoms with Crippen LogP contribution in [0.1, 0.15) is 46.3 Å². The maximum absolute atomic E-state index is 12.7. The molecule has 0 aromatic heterocycles. The van der Waals surface area contributed by atoms with Gasteiger partial charge in [0.05, 0.1) is 5.56 Å². The molecule has 7 nitrogen and oxygen atoms in total. The molecule has 34 heavy (non-hydrogen) atoms. The number of rotatable bonds is 7. The van der Waals surface area contributed by atoms with Crippen LogP contribution in [0.3, 0.4) is 0 Å². The van der Waals surface area contributed by atoms with Crippen molar-refractivity contribution in [3.05, 3.63) is 89.0 Å². The van der Waals surface area contributed by atoms with Crippen molar-refractivity contribution in [3.63, 3.8) is 0 Å².